The lowest BCUT2D eigenvalue weighted by Crippen LogP contribution is -2.41. The summed E-state index contributed by atoms with van der Waals surface area (Å²) in [5.41, 5.74) is 0.894. The molecule has 1 N–H and O–H groups in total. The molecule has 3 rings (SSSR count). The highest BCUT2D eigenvalue weighted by molar-refractivity contribution is 6.31. The van der Waals surface area contributed by atoms with E-state index in [9.17, 15) is 9.50 Å². The van der Waals surface area contributed by atoms with Gasteiger partial charge in [-0.1, -0.05) is 17.7 Å². The molecule has 0 amide bonds. The van der Waals surface area contributed by atoms with Crippen LogP contribution in [0.25, 0.3) is 0 Å². The smallest absolute Gasteiger partial charge is 0.124 e. The lowest BCUT2D eigenvalue weighted by atomic mass is 9.75. The van der Waals surface area contributed by atoms with E-state index >= 15 is 0 Å². The molecule has 0 radical (unpaired) electrons. The summed E-state index contributed by atoms with van der Waals surface area (Å²) in [6, 6.07) is 4.53. The van der Waals surface area contributed by atoms with Gasteiger partial charge in [-0.2, -0.15) is 0 Å². The maximum absolute atomic E-state index is 13.1. The van der Waals surface area contributed by atoms with E-state index in [1.807, 2.05) is 0 Å². The molecule has 2 fully saturated rings. The van der Waals surface area contributed by atoms with Gasteiger partial charge in [0.1, 0.15) is 5.82 Å². The number of hydrogen-bond donors (Lipinski definition) is 1. The predicted octanol–water partition coefficient (Wildman–Crippen LogP) is 2.31. The van der Waals surface area contributed by atoms with E-state index in [0.29, 0.717) is 24.1 Å². The van der Waals surface area contributed by atoms with E-state index < -0.39 is 0 Å². The number of fused-ring (bicyclic) bond motifs is 1. The zero-order valence-corrected chi connectivity index (χ0v) is 12.1. The molecule has 2 aliphatic heterocycles. The minimum Gasteiger partial charge on any atom is -0.396 e. The summed E-state index contributed by atoms with van der Waals surface area (Å²) in [5.74, 6) is 0.0644. The molecule has 2 aliphatic rings. The fourth-order valence-electron chi connectivity index (χ4n) is 3.43. The van der Waals surface area contributed by atoms with Crippen molar-refractivity contribution in [2.75, 3.05) is 32.9 Å². The molecule has 2 atom stereocenters. The Labute approximate surface area is 123 Å². The molecule has 1 aromatic rings. The molecule has 0 bridgehead atoms. The average Bonchev–Trinajstić information content (AvgIpc) is 2.80. The summed E-state index contributed by atoms with van der Waals surface area (Å²) in [5, 5.41) is 10.2. The molecule has 2 heterocycles. The van der Waals surface area contributed by atoms with E-state index in [0.717, 1.165) is 31.7 Å². The minimum atomic E-state index is -0.311. The maximum atomic E-state index is 13.1. The zero-order chi connectivity index (χ0) is 14.2. The second-order valence-electron chi connectivity index (χ2n) is 5.95. The van der Waals surface area contributed by atoms with Crippen LogP contribution in [-0.4, -0.2) is 42.9 Å². The second-order valence-corrected chi connectivity index (χ2v) is 6.35. The van der Waals surface area contributed by atoms with E-state index in [4.69, 9.17) is 16.3 Å². The summed E-state index contributed by atoms with van der Waals surface area (Å²) in [6.07, 6.45) is 0.905. The highest BCUT2D eigenvalue weighted by atomic mass is 35.5. The Kier molecular flexibility index (Phi) is 4.00. The summed E-state index contributed by atoms with van der Waals surface area (Å²) in [7, 11) is 0. The first-order valence-corrected chi connectivity index (χ1v) is 7.36. The van der Waals surface area contributed by atoms with Gasteiger partial charge in [0.05, 0.1) is 13.2 Å². The van der Waals surface area contributed by atoms with Crippen molar-refractivity contribution >= 4 is 11.6 Å². The molecule has 0 saturated carbocycles. The number of aliphatic hydroxyl groups excluding tert-OH is 1. The summed E-state index contributed by atoms with van der Waals surface area (Å²) < 4.78 is 18.6. The van der Waals surface area contributed by atoms with Gasteiger partial charge >= 0.3 is 0 Å². The van der Waals surface area contributed by atoms with Crippen molar-refractivity contribution in [1.29, 1.82) is 0 Å². The number of hydrogen-bond acceptors (Lipinski definition) is 3. The molecular weight excluding hydrogens is 281 g/mol. The van der Waals surface area contributed by atoms with Crippen LogP contribution >= 0.6 is 11.6 Å². The highest BCUT2D eigenvalue weighted by Crippen LogP contribution is 2.42. The number of halogens is 2. The molecule has 0 unspecified atom stereocenters. The molecule has 0 spiro atoms. The van der Waals surface area contributed by atoms with Gasteiger partial charge in [0.2, 0.25) is 0 Å². The molecular formula is C15H19ClFNO2. The van der Waals surface area contributed by atoms with Crippen LogP contribution in [0.1, 0.15) is 12.0 Å². The third-order valence-electron chi connectivity index (χ3n) is 4.67. The molecule has 2 saturated heterocycles. The van der Waals surface area contributed by atoms with Gasteiger partial charge in [-0.05, 0) is 24.1 Å². The van der Waals surface area contributed by atoms with Crippen LogP contribution in [-0.2, 0) is 11.3 Å². The largest absolute Gasteiger partial charge is 0.396 e. The Hall–Kier alpha value is -0.680. The van der Waals surface area contributed by atoms with Gasteiger partial charge in [0, 0.05) is 42.6 Å². The van der Waals surface area contributed by atoms with Crippen molar-refractivity contribution in [3.8, 4) is 0 Å². The summed E-state index contributed by atoms with van der Waals surface area (Å²) in [4.78, 5) is 2.29. The standard InChI is InChI=1S/C15H19ClFNO2/c16-14-5-13(17)2-1-11(14)6-18-7-12-8-20-4-3-15(12,9-18)10-19/h1-2,5,12,19H,3-4,6-10H2/t12-,15-/m1/s1. The van der Waals surface area contributed by atoms with Gasteiger partial charge in [0.15, 0.2) is 0 Å². The van der Waals surface area contributed by atoms with Crippen molar-refractivity contribution in [2.24, 2.45) is 11.3 Å². The van der Waals surface area contributed by atoms with Gasteiger partial charge in [-0.25, -0.2) is 4.39 Å². The number of aliphatic hydroxyl groups is 1. The topological polar surface area (TPSA) is 32.7 Å². The predicted molar refractivity (Wildman–Crippen MR) is 75.1 cm³/mol. The van der Waals surface area contributed by atoms with Crippen LogP contribution in [0.5, 0.6) is 0 Å². The first-order chi connectivity index (χ1) is 9.63. The van der Waals surface area contributed by atoms with Crippen LogP contribution in [0.2, 0.25) is 5.02 Å². The second kappa shape index (κ2) is 5.60. The molecule has 0 aromatic heterocycles. The third kappa shape index (κ3) is 2.58. The van der Waals surface area contributed by atoms with Crippen molar-refractivity contribution in [3.05, 3.63) is 34.6 Å². The summed E-state index contributed by atoms with van der Waals surface area (Å²) in [6.45, 7) is 4.09. The lowest BCUT2D eigenvalue weighted by Gasteiger charge is -2.36. The van der Waals surface area contributed by atoms with Crippen LogP contribution in [0.3, 0.4) is 0 Å². The third-order valence-corrected chi connectivity index (χ3v) is 5.02. The Morgan fingerprint density at radius 2 is 2.35 bits per heavy atom. The quantitative estimate of drug-likeness (QED) is 0.930. The first kappa shape index (κ1) is 14.3. The number of ether oxygens (including phenoxy) is 1. The number of nitrogens with zero attached hydrogens (tertiary/aromatic N) is 1. The molecule has 110 valence electrons. The maximum Gasteiger partial charge on any atom is 0.124 e. The van der Waals surface area contributed by atoms with E-state index in [2.05, 4.69) is 4.90 Å². The van der Waals surface area contributed by atoms with E-state index in [-0.39, 0.29) is 17.8 Å². The molecule has 5 heteroatoms. The van der Waals surface area contributed by atoms with Crippen molar-refractivity contribution < 1.29 is 14.2 Å². The molecule has 20 heavy (non-hydrogen) atoms. The fourth-order valence-corrected chi connectivity index (χ4v) is 3.65. The van der Waals surface area contributed by atoms with Crippen molar-refractivity contribution in [3.63, 3.8) is 0 Å². The average molecular weight is 300 g/mol. The minimum absolute atomic E-state index is 0.0369. The molecule has 0 aliphatic carbocycles. The van der Waals surface area contributed by atoms with E-state index in [1.54, 1.807) is 6.07 Å². The number of rotatable bonds is 3. The normalized spacial score (nSPS) is 30.4. The number of likely N-dealkylation sites (tertiary alicyclic amines) is 1. The Bertz CT molecular complexity index is 499. The van der Waals surface area contributed by atoms with Crippen LogP contribution in [0, 0.1) is 17.2 Å². The van der Waals surface area contributed by atoms with Crippen molar-refractivity contribution in [2.45, 2.75) is 13.0 Å². The van der Waals surface area contributed by atoms with Gasteiger partial charge in [0.25, 0.3) is 0 Å². The first-order valence-electron chi connectivity index (χ1n) is 6.98. The SMILES string of the molecule is OC[C@]12CCOC[C@H]1CN(Cc1ccc(F)cc1Cl)C2. The van der Waals surface area contributed by atoms with Crippen LogP contribution in [0.15, 0.2) is 18.2 Å². The Balaban J connectivity index is 1.73. The Morgan fingerprint density at radius 3 is 3.05 bits per heavy atom. The number of benzene rings is 1. The van der Waals surface area contributed by atoms with Crippen LogP contribution < -0.4 is 0 Å². The highest BCUT2D eigenvalue weighted by Gasteiger charge is 2.47. The molecule has 3 nitrogen and oxygen atoms in total. The fraction of sp³-hybridized carbons (Fsp3) is 0.600. The molecule has 1 aromatic carbocycles. The lowest BCUT2D eigenvalue weighted by molar-refractivity contribution is -0.0417. The monoisotopic (exact) mass is 299 g/mol. The Morgan fingerprint density at radius 1 is 1.50 bits per heavy atom. The van der Waals surface area contributed by atoms with E-state index in [1.165, 1.54) is 12.1 Å². The van der Waals surface area contributed by atoms with Gasteiger partial charge < -0.3 is 9.84 Å². The van der Waals surface area contributed by atoms with Crippen LogP contribution in [0.4, 0.5) is 4.39 Å². The van der Waals surface area contributed by atoms with Crippen molar-refractivity contribution in [1.82, 2.24) is 4.90 Å². The summed E-state index contributed by atoms with van der Waals surface area (Å²) >= 11 is 6.09. The van der Waals surface area contributed by atoms with Gasteiger partial charge in [-0.15, -0.1) is 0 Å². The van der Waals surface area contributed by atoms with Gasteiger partial charge in [-0.3, -0.25) is 4.90 Å². The zero-order valence-electron chi connectivity index (χ0n) is 11.3.